The van der Waals surface area contributed by atoms with E-state index < -0.39 is 5.82 Å². The topological polar surface area (TPSA) is 68.3 Å². The summed E-state index contributed by atoms with van der Waals surface area (Å²) in [5.74, 6) is 0.842. The molecule has 1 aliphatic heterocycles. The molecule has 1 fully saturated rings. The highest BCUT2D eigenvalue weighted by Crippen LogP contribution is 2.34. The molecule has 2 aromatic carbocycles. The number of fused-ring (bicyclic) bond motifs is 1. The molecule has 154 valence electrons. The van der Waals surface area contributed by atoms with Gasteiger partial charge in [-0.15, -0.1) is 0 Å². The molecule has 3 aromatic rings. The van der Waals surface area contributed by atoms with Crippen molar-refractivity contribution in [2.24, 2.45) is 0 Å². The van der Waals surface area contributed by atoms with E-state index >= 15 is 0 Å². The van der Waals surface area contributed by atoms with Crippen LogP contribution in [0.2, 0.25) is 5.02 Å². The molecule has 8 heteroatoms. The van der Waals surface area contributed by atoms with Gasteiger partial charge in [-0.2, -0.15) is 0 Å². The molecule has 0 spiro atoms. The first-order chi connectivity index (χ1) is 14.1. The molecule has 2 heterocycles. The van der Waals surface area contributed by atoms with Gasteiger partial charge in [0.15, 0.2) is 0 Å². The van der Waals surface area contributed by atoms with E-state index in [2.05, 4.69) is 20.6 Å². The molecule has 2 N–H and O–H groups in total. The number of hydrogen-bond acceptors (Lipinski definition) is 6. The third-order valence-corrected chi connectivity index (χ3v) is 4.66. The molecule has 1 aromatic heterocycles. The van der Waals surface area contributed by atoms with Gasteiger partial charge >= 0.3 is 0 Å². The van der Waals surface area contributed by atoms with E-state index in [1.54, 1.807) is 6.07 Å². The first kappa shape index (κ1) is 21.1. The standard InChI is InChI=1S/C19H18ClFN4O2.C2H6/c1-22-17-7-13-16(8-18(17)27-12-4-5-26-9-12)23-10-24-19(13)25-11-2-3-15(21)14(20)6-11;1-2/h2-3,6-8,10,12,22H,4-5,9H2,1H3,(H,23,24,25);1-2H3/t12-;/m0./s1. The van der Waals surface area contributed by atoms with Crippen LogP contribution in [0, 0.1) is 5.82 Å². The van der Waals surface area contributed by atoms with Crippen molar-refractivity contribution < 1.29 is 13.9 Å². The molecule has 6 nitrogen and oxygen atoms in total. The highest BCUT2D eigenvalue weighted by atomic mass is 35.5. The minimum absolute atomic E-state index is 0.0374. The summed E-state index contributed by atoms with van der Waals surface area (Å²) in [6.07, 6.45) is 2.37. The molecule has 0 unspecified atom stereocenters. The second-order valence-electron chi connectivity index (χ2n) is 6.20. The number of hydrogen-bond donors (Lipinski definition) is 2. The maximum absolute atomic E-state index is 13.4. The number of nitrogens with one attached hydrogen (secondary N) is 2. The average Bonchev–Trinajstić information content (AvgIpc) is 3.25. The van der Waals surface area contributed by atoms with Gasteiger partial charge < -0.3 is 20.1 Å². The molecular weight excluding hydrogens is 395 g/mol. The van der Waals surface area contributed by atoms with Gasteiger partial charge in [-0.3, -0.25) is 0 Å². The van der Waals surface area contributed by atoms with Crippen molar-refractivity contribution in [1.29, 1.82) is 0 Å². The summed E-state index contributed by atoms with van der Waals surface area (Å²) in [5, 5.41) is 7.17. The van der Waals surface area contributed by atoms with E-state index in [-0.39, 0.29) is 11.1 Å². The van der Waals surface area contributed by atoms with E-state index in [1.165, 1.54) is 18.5 Å². The van der Waals surface area contributed by atoms with Crippen molar-refractivity contribution in [3.8, 4) is 5.75 Å². The van der Waals surface area contributed by atoms with E-state index in [1.807, 2.05) is 33.0 Å². The van der Waals surface area contributed by atoms with Crippen LogP contribution in [-0.4, -0.2) is 36.3 Å². The van der Waals surface area contributed by atoms with Crippen LogP contribution in [0.5, 0.6) is 5.75 Å². The minimum Gasteiger partial charge on any atom is -0.486 e. The number of rotatable bonds is 5. The van der Waals surface area contributed by atoms with E-state index in [0.717, 1.165) is 28.8 Å². The van der Waals surface area contributed by atoms with E-state index in [4.69, 9.17) is 21.1 Å². The first-order valence-electron chi connectivity index (χ1n) is 9.57. The molecule has 0 aliphatic carbocycles. The van der Waals surface area contributed by atoms with Crippen molar-refractivity contribution >= 4 is 39.7 Å². The average molecular weight is 419 g/mol. The minimum atomic E-state index is -0.468. The van der Waals surface area contributed by atoms with Crippen LogP contribution in [0.4, 0.5) is 21.6 Å². The van der Waals surface area contributed by atoms with Crippen LogP contribution in [0.1, 0.15) is 20.3 Å². The summed E-state index contributed by atoms with van der Waals surface area (Å²) in [6.45, 7) is 5.30. The van der Waals surface area contributed by atoms with Crippen molar-refractivity contribution in [3.63, 3.8) is 0 Å². The van der Waals surface area contributed by atoms with E-state index in [0.29, 0.717) is 24.7 Å². The smallest absolute Gasteiger partial charge is 0.145 e. The summed E-state index contributed by atoms with van der Waals surface area (Å²) in [6, 6.07) is 8.23. The molecule has 0 amide bonds. The van der Waals surface area contributed by atoms with Crippen LogP contribution in [0.25, 0.3) is 10.9 Å². The molecular formula is C21H24ClFN4O2. The number of benzene rings is 2. The monoisotopic (exact) mass is 418 g/mol. The Morgan fingerprint density at radius 2 is 2.03 bits per heavy atom. The number of anilines is 3. The third kappa shape index (κ3) is 4.86. The number of halogens is 2. The van der Waals surface area contributed by atoms with Gasteiger partial charge in [-0.1, -0.05) is 25.4 Å². The quantitative estimate of drug-likeness (QED) is 0.578. The fraction of sp³-hybridized carbons (Fsp3) is 0.333. The Hall–Kier alpha value is -2.64. The summed E-state index contributed by atoms with van der Waals surface area (Å²) in [7, 11) is 1.83. The van der Waals surface area contributed by atoms with Crippen molar-refractivity contribution in [1.82, 2.24) is 9.97 Å². The van der Waals surface area contributed by atoms with Crippen LogP contribution in [0.3, 0.4) is 0 Å². The normalized spacial score (nSPS) is 15.6. The third-order valence-electron chi connectivity index (χ3n) is 4.37. The summed E-state index contributed by atoms with van der Waals surface area (Å²) < 4.78 is 24.8. The van der Waals surface area contributed by atoms with Crippen molar-refractivity contribution in [2.45, 2.75) is 26.4 Å². The highest BCUT2D eigenvalue weighted by molar-refractivity contribution is 6.31. The molecule has 0 bridgehead atoms. The molecule has 1 saturated heterocycles. The molecule has 0 saturated carbocycles. The van der Waals surface area contributed by atoms with Gasteiger partial charge in [0, 0.05) is 30.6 Å². The number of aromatic nitrogens is 2. The second kappa shape index (κ2) is 9.71. The Morgan fingerprint density at radius 3 is 2.72 bits per heavy atom. The Balaban J connectivity index is 0.00000117. The summed E-state index contributed by atoms with van der Waals surface area (Å²) >= 11 is 5.86. The number of nitrogens with zero attached hydrogens (tertiary/aromatic N) is 2. The van der Waals surface area contributed by atoms with Crippen LogP contribution < -0.4 is 15.4 Å². The number of ether oxygens (including phenoxy) is 2. The predicted molar refractivity (Wildman–Crippen MR) is 115 cm³/mol. The fourth-order valence-electron chi connectivity index (χ4n) is 2.97. The van der Waals surface area contributed by atoms with E-state index in [9.17, 15) is 4.39 Å². The zero-order chi connectivity index (χ0) is 20.8. The van der Waals surface area contributed by atoms with Crippen molar-refractivity contribution in [3.05, 3.63) is 47.5 Å². The second-order valence-corrected chi connectivity index (χ2v) is 6.60. The van der Waals surface area contributed by atoms with Crippen LogP contribution in [0.15, 0.2) is 36.7 Å². The Morgan fingerprint density at radius 1 is 1.21 bits per heavy atom. The van der Waals surface area contributed by atoms with Crippen molar-refractivity contribution in [2.75, 3.05) is 30.9 Å². The van der Waals surface area contributed by atoms with Gasteiger partial charge in [0.2, 0.25) is 0 Å². The molecule has 0 radical (unpaired) electrons. The lowest BCUT2D eigenvalue weighted by Crippen LogP contribution is -2.16. The largest absolute Gasteiger partial charge is 0.486 e. The molecule has 1 atom stereocenters. The SMILES string of the molecule is CC.CNc1cc2c(Nc3ccc(F)c(Cl)c3)ncnc2cc1O[C@H]1CCOC1. The van der Waals surface area contributed by atoms with Gasteiger partial charge in [0.25, 0.3) is 0 Å². The maximum atomic E-state index is 13.4. The van der Waals surface area contributed by atoms with Crippen LogP contribution >= 0.6 is 11.6 Å². The van der Waals surface area contributed by atoms with Gasteiger partial charge in [-0.25, -0.2) is 14.4 Å². The summed E-state index contributed by atoms with van der Waals surface area (Å²) in [4.78, 5) is 8.66. The Kier molecular flexibility index (Phi) is 7.06. The lowest BCUT2D eigenvalue weighted by molar-refractivity contribution is 0.142. The summed E-state index contributed by atoms with van der Waals surface area (Å²) in [5.41, 5.74) is 2.19. The van der Waals surface area contributed by atoms with Gasteiger partial charge in [-0.05, 0) is 24.3 Å². The van der Waals surface area contributed by atoms with Gasteiger partial charge in [0.1, 0.15) is 29.8 Å². The van der Waals surface area contributed by atoms with Crippen LogP contribution in [-0.2, 0) is 4.74 Å². The highest BCUT2D eigenvalue weighted by Gasteiger charge is 2.19. The zero-order valence-electron chi connectivity index (χ0n) is 16.6. The maximum Gasteiger partial charge on any atom is 0.145 e. The first-order valence-corrected chi connectivity index (χ1v) is 9.95. The molecule has 29 heavy (non-hydrogen) atoms. The molecule has 1 aliphatic rings. The fourth-order valence-corrected chi connectivity index (χ4v) is 3.15. The lowest BCUT2D eigenvalue weighted by Gasteiger charge is -2.17. The predicted octanol–water partition coefficient (Wildman–Crippen LogP) is 5.40. The zero-order valence-corrected chi connectivity index (χ0v) is 17.4. The Labute approximate surface area is 174 Å². The lowest BCUT2D eigenvalue weighted by atomic mass is 10.1. The molecule has 4 rings (SSSR count). The Bertz CT molecular complexity index is 980. The van der Waals surface area contributed by atoms with Gasteiger partial charge in [0.05, 0.1) is 29.4 Å².